The van der Waals surface area contributed by atoms with E-state index in [2.05, 4.69) is 0 Å². The van der Waals surface area contributed by atoms with Gasteiger partial charge < -0.3 is 14.9 Å². The lowest BCUT2D eigenvalue weighted by Gasteiger charge is -2.41. The van der Waals surface area contributed by atoms with Crippen LogP contribution in [0.4, 0.5) is 0 Å². The molecule has 98 valence electrons. The molecule has 0 amide bonds. The van der Waals surface area contributed by atoms with E-state index in [1.807, 2.05) is 0 Å². The molecule has 1 fully saturated rings. The molecule has 5 heteroatoms. The van der Waals surface area contributed by atoms with Crippen molar-refractivity contribution in [3.8, 4) is 5.75 Å². The Morgan fingerprint density at radius 2 is 2.22 bits per heavy atom. The highest BCUT2D eigenvalue weighted by atomic mass is 35.5. The maximum atomic E-state index is 10.7. The molecule has 1 aliphatic carbocycles. The molecule has 1 aromatic carbocycles. The molecular weight excluding hydrogens is 256 g/mol. The lowest BCUT2D eigenvalue weighted by Crippen LogP contribution is -2.48. The fourth-order valence-electron chi connectivity index (χ4n) is 2.42. The molecule has 0 spiro atoms. The van der Waals surface area contributed by atoms with Gasteiger partial charge in [-0.25, -0.2) is 0 Å². The summed E-state index contributed by atoms with van der Waals surface area (Å²) in [5.41, 5.74) is -0.155. The number of rotatable bonds is 4. The van der Waals surface area contributed by atoms with E-state index in [0.717, 1.165) is 5.56 Å². The van der Waals surface area contributed by atoms with E-state index in [1.165, 1.54) is 0 Å². The smallest absolute Gasteiger partial charge is 0.306 e. The lowest BCUT2D eigenvalue weighted by atomic mass is 9.68. The highest BCUT2D eigenvalue weighted by Crippen LogP contribution is 2.41. The first-order chi connectivity index (χ1) is 8.43. The van der Waals surface area contributed by atoms with Gasteiger partial charge in [-0.2, -0.15) is 0 Å². The van der Waals surface area contributed by atoms with Crippen LogP contribution in [0.3, 0.4) is 0 Å². The van der Waals surface area contributed by atoms with Crippen LogP contribution in [-0.2, 0) is 11.2 Å². The van der Waals surface area contributed by atoms with Crippen LogP contribution in [0.2, 0.25) is 5.02 Å². The zero-order chi connectivity index (χ0) is 13.3. The monoisotopic (exact) mass is 270 g/mol. The molecule has 1 aromatic rings. The van der Waals surface area contributed by atoms with E-state index < -0.39 is 17.5 Å². The van der Waals surface area contributed by atoms with Crippen LogP contribution in [-0.4, -0.2) is 28.9 Å². The molecule has 0 saturated heterocycles. The van der Waals surface area contributed by atoms with Gasteiger partial charge >= 0.3 is 5.97 Å². The van der Waals surface area contributed by atoms with E-state index in [9.17, 15) is 9.90 Å². The largest absolute Gasteiger partial charge is 0.496 e. The third kappa shape index (κ3) is 2.60. The van der Waals surface area contributed by atoms with Crippen LogP contribution in [0.15, 0.2) is 18.2 Å². The fraction of sp³-hybridized carbons (Fsp3) is 0.462. The molecular formula is C13H15ClO4. The summed E-state index contributed by atoms with van der Waals surface area (Å²) in [5, 5.41) is 19.6. The molecule has 0 aliphatic heterocycles. The molecule has 0 bridgehead atoms. The first-order valence-electron chi connectivity index (χ1n) is 5.71. The number of carbonyl (C=O) groups is 1. The molecule has 18 heavy (non-hydrogen) atoms. The first-order valence-corrected chi connectivity index (χ1v) is 6.09. The molecule has 0 radical (unpaired) electrons. The van der Waals surface area contributed by atoms with Gasteiger partial charge in [0.15, 0.2) is 0 Å². The number of methoxy groups -OCH3 is 1. The second kappa shape index (κ2) is 4.78. The van der Waals surface area contributed by atoms with Gasteiger partial charge in [0.05, 0.1) is 18.6 Å². The van der Waals surface area contributed by atoms with Crippen LogP contribution in [0.1, 0.15) is 18.4 Å². The van der Waals surface area contributed by atoms with Crippen molar-refractivity contribution in [3.05, 3.63) is 28.8 Å². The molecule has 4 nitrogen and oxygen atoms in total. The third-order valence-corrected chi connectivity index (χ3v) is 3.60. The normalized spacial score (nSPS) is 26.5. The average molecular weight is 271 g/mol. The second-order valence-electron chi connectivity index (χ2n) is 4.80. The maximum absolute atomic E-state index is 10.7. The standard InChI is InChI=1S/C13H15ClO4/c1-18-11-3-2-10(14)4-8(11)5-13(17)6-9(7-13)12(15)16/h2-4,9,17H,5-7H2,1H3,(H,15,16). The van der Waals surface area contributed by atoms with Crippen molar-refractivity contribution < 1.29 is 19.7 Å². The van der Waals surface area contributed by atoms with Gasteiger partial charge in [-0.3, -0.25) is 4.79 Å². The number of hydrogen-bond acceptors (Lipinski definition) is 3. The number of halogens is 1. The van der Waals surface area contributed by atoms with Crippen molar-refractivity contribution in [2.45, 2.75) is 24.9 Å². The Morgan fingerprint density at radius 1 is 1.56 bits per heavy atom. The molecule has 1 aliphatic rings. The fourth-order valence-corrected chi connectivity index (χ4v) is 2.61. The van der Waals surface area contributed by atoms with Gasteiger partial charge in [0.2, 0.25) is 0 Å². The minimum atomic E-state index is -0.957. The number of aliphatic hydroxyl groups is 1. The summed E-state index contributed by atoms with van der Waals surface area (Å²) in [6.45, 7) is 0. The van der Waals surface area contributed by atoms with Crippen LogP contribution in [0, 0.1) is 5.92 Å². The Labute approximate surface area is 110 Å². The number of benzene rings is 1. The van der Waals surface area contributed by atoms with Gasteiger partial charge in [-0.05, 0) is 36.6 Å². The quantitative estimate of drug-likeness (QED) is 0.879. The van der Waals surface area contributed by atoms with Crippen LogP contribution < -0.4 is 4.74 Å². The van der Waals surface area contributed by atoms with Crippen LogP contribution >= 0.6 is 11.6 Å². The molecule has 1 saturated carbocycles. The Morgan fingerprint density at radius 3 is 2.78 bits per heavy atom. The van der Waals surface area contributed by atoms with Gasteiger partial charge in [0.25, 0.3) is 0 Å². The average Bonchev–Trinajstić information content (AvgIpc) is 2.25. The third-order valence-electron chi connectivity index (χ3n) is 3.36. The summed E-state index contributed by atoms with van der Waals surface area (Å²) in [7, 11) is 1.55. The summed E-state index contributed by atoms with van der Waals surface area (Å²) in [4.78, 5) is 10.7. The van der Waals surface area contributed by atoms with E-state index in [0.29, 0.717) is 17.2 Å². The molecule has 0 aromatic heterocycles. The Kier molecular flexibility index (Phi) is 3.50. The summed E-state index contributed by atoms with van der Waals surface area (Å²) in [6, 6.07) is 5.20. The van der Waals surface area contributed by atoms with Gasteiger partial charge in [0.1, 0.15) is 5.75 Å². The van der Waals surface area contributed by atoms with E-state index in [-0.39, 0.29) is 12.8 Å². The minimum Gasteiger partial charge on any atom is -0.496 e. The Hall–Kier alpha value is -1.26. The zero-order valence-electron chi connectivity index (χ0n) is 10.0. The van der Waals surface area contributed by atoms with Gasteiger partial charge in [0, 0.05) is 11.4 Å². The van der Waals surface area contributed by atoms with Crippen molar-refractivity contribution in [1.29, 1.82) is 0 Å². The molecule has 0 unspecified atom stereocenters. The van der Waals surface area contributed by atoms with Gasteiger partial charge in [-0.1, -0.05) is 11.6 Å². The number of carboxylic acid groups (broad SMARTS) is 1. The number of hydrogen-bond donors (Lipinski definition) is 2. The van der Waals surface area contributed by atoms with Crippen molar-refractivity contribution in [2.75, 3.05) is 7.11 Å². The van der Waals surface area contributed by atoms with Crippen molar-refractivity contribution >= 4 is 17.6 Å². The lowest BCUT2D eigenvalue weighted by molar-refractivity contribution is -0.158. The molecule has 2 N–H and O–H groups in total. The number of carboxylic acids is 1. The van der Waals surface area contributed by atoms with E-state index >= 15 is 0 Å². The maximum Gasteiger partial charge on any atom is 0.306 e. The topological polar surface area (TPSA) is 66.8 Å². The summed E-state index contributed by atoms with van der Waals surface area (Å²) >= 11 is 5.91. The van der Waals surface area contributed by atoms with Crippen LogP contribution in [0.25, 0.3) is 0 Å². The summed E-state index contributed by atoms with van der Waals surface area (Å²) < 4.78 is 5.20. The molecule has 0 atom stereocenters. The van der Waals surface area contributed by atoms with Crippen LogP contribution in [0.5, 0.6) is 5.75 Å². The van der Waals surface area contributed by atoms with Crippen molar-refractivity contribution in [1.82, 2.24) is 0 Å². The van der Waals surface area contributed by atoms with Gasteiger partial charge in [-0.15, -0.1) is 0 Å². The van der Waals surface area contributed by atoms with Crippen molar-refractivity contribution in [3.63, 3.8) is 0 Å². The summed E-state index contributed by atoms with van der Waals surface area (Å²) in [5.74, 6) is -0.635. The van der Waals surface area contributed by atoms with Crippen molar-refractivity contribution in [2.24, 2.45) is 5.92 Å². The van der Waals surface area contributed by atoms with E-state index in [4.69, 9.17) is 21.4 Å². The highest BCUT2D eigenvalue weighted by molar-refractivity contribution is 6.30. The number of ether oxygens (including phenoxy) is 1. The van der Waals surface area contributed by atoms with E-state index in [1.54, 1.807) is 25.3 Å². The molecule has 0 heterocycles. The predicted molar refractivity (Wildman–Crippen MR) is 67.0 cm³/mol. The summed E-state index contributed by atoms with van der Waals surface area (Å²) in [6.07, 6.45) is 0.913. The SMILES string of the molecule is COc1ccc(Cl)cc1CC1(O)CC(C(=O)O)C1. The molecule has 2 rings (SSSR count). The Bertz CT molecular complexity index is 466. The highest BCUT2D eigenvalue weighted by Gasteiger charge is 2.46. The Balaban J connectivity index is 2.10. The number of aliphatic carboxylic acids is 1. The minimum absolute atomic E-state index is 0.276. The first kappa shape index (κ1) is 13.2. The second-order valence-corrected chi connectivity index (χ2v) is 5.24. The zero-order valence-corrected chi connectivity index (χ0v) is 10.8. The predicted octanol–water partition coefficient (Wildman–Crippen LogP) is 2.12.